The number of amides is 1. The van der Waals surface area contributed by atoms with Gasteiger partial charge in [-0.15, -0.1) is 0 Å². The molecule has 132 valence electrons. The minimum atomic E-state index is -0.266. The molecule has 0 fully saturated rings. The van der Waals surface area contributed by atoms with Crippen LogP contribution in [0.15, 0.2) is 28.7 Å². The maximum absolute atomic E-state index is 13.7. The second-order valence-electron chi connectivity index (χ2n) is 5.99. The van der Waals surface area contributed by atoms with E-state index < -0.39 is 0 Å². The van der Waals surface area contributed by atoms with E-state index in [1.165, 1.54) is 26.4 Å². The van der Waals surface area contributed by atoms with Crippen molar-refractivity contribution in [1.82, 2.24) is 0 Å². The number of rotatable bonds is 3. The first kappa shape index (κ1) is 17.7. The topological polar surface area (TPSA) is 38.8 Å². The quantitative estimate of drug-likeness (QED) is 0.751. The first-order valence-corrected chi connectivity index (χ1v) is 8.78. The van der Waals surface area contributed by atoms with Crippen molar-refractivity contribution >= 4 is 27.5 Å². The van der Waals surface area contributed by atoms with Gasteiger partial charge in [0, 0.05) is 12.1 Å². The molecule has 2 aromatic carbocycles. The van der Waals surface area contributed by atoms with E-state index >= 15 is 0 Å². The number of carbonyl (C=O) groups is 1. The molecule has 0 saturated carbocycles. The summed E-state index contributed by atoms with van der Waals surface area (Å²) in [6, 6.07) is 6.35. The Kier molecular flexibility index (Phi) is 4.99. The molecule has 1 aliphatic rings. The van der Waals surface area contributed by atoms with Gasteiger partial charge in [-0.1, -0.05) is 0 Å². The molecule has 0 aromatic heterocycles. The lowest BCUT2D eigenvalue weighted by atomic mass is 9.97. The van der Waals surface area contributed by atoms with Gasteiger partial charge in [-0.2, -0.15) is 0 Å². The molecule has 1 aliphatic heterocycles. The number of hydrogen-bond donors (Lipinski definition) is 0. The van der Waals surface area contributed by atoms with Crippen LogP contribution in [0.3, 0.4) is 0 Å². The monoisotopic (exact) mass is 407 g/mol. The highest BCUT2D eigenvalue weighted by molar-refractivity contribution is 9.10. The summed E-state index contributed by atoms with van der Waals surface area (Å²) in [7, 11) is 3.08. The number of hydrogen-bond acceptors (Lipinski definition) is 3. The van der Waals surface area contributed by atoms with Crippen molar-refractivity contribution in [3.8, 4) is 11.5 Å². The van der Waals surface area contributed by atoms with E-state index in [4.69, 9.17) is 9.47 Å². The first-order chi connectivity index (χ1) is 12.0. The number of aryl methyl sites for hydroxylation is 2. The van der Waals surface area contributed by atoms with Gasteiger partial charge in [-0.05, 0) is 71.1 Å². The Labute approximate surface area is 154 Å². The summed E-state index contributed by atoms with van der Waals surface area (Å²) in [4.78, 5) is 14.9. The number of carbonyl (C=O) groups excluding carboxylic acids is 1. The number of benzene rings is 2. The standard InChI is InChI=1S/C19H19BrFNO3/c1-11-7-14(21)8-12-5-4-6-22(18(11)12)19(23)13-9-15(24-2)17(20)16(10-13)25-3/h7-10H,4-6H2,1-3H3. The summed E-state index contributed by atoms with van der Waals surface area (Å²) in [5, 5.41) is 0. The van der Waals surface area contributed by atoms with Crippen molar-refractivity contribution in [1.29, 1.82) is 0 Å². The van der Waals surface area contributed by atoms with Crippen LogP contribution in [0.4, 0.5) is 10.1 Å². The van der Waals surface area contributed by atoms with Crippen LogP contribution >= 0.6 is 15.9 Å². The lowest BCUT2D eigenvalue weighted by Gasteiger charge is -2.31. The van der Waals surface area contributed by atoms with E-state index in [1.54, 1.807) is 17.0 Å². The average molecular weight is 408 g/mol. The molecule has 0 spiro atoms. The third-order valence-electron chi connectivity index (χ3n) is 4.38. The molecule has 4 nitrogen and oxygen atoms in total. The molecule has 0 radical (unpaired) electrons. The van der Waals surface area contributed by atoms with Gasteiger partial charge in [0.1, 0.15) is 21.8 Å². The van der Waals surface area contributed by atoms with Gasteiger partial charge >= 0.3 is 0 Å². The van der Waals surface area contributed by atoms with Gasteiger partial charge in [0.25, 0.3) is 5.91 Å². The van der Waals surface area contributed by atoms with E-state index in [9.17, 15) is 9.18 Å². The first-order valence-electron chi connectivity index (χ1n) is 7.98. The lowest BCUT2D eigenvalue weighted by molar-refractivity contribution is 0.0984. The van der Waals surface area contributed by atoms with Gasteiger partial charge in [-0.25, -0.2) is 4.39 Å². The van der Waals surface area contributed by atoms with Crippen LogP contribution in [-0.4, -0.2) is 26.7 Å². The van der Waals surface area contributed by atoms with Gasteiger partial charge in [0.15, 0.2) is 0 Å². The number of fused-ring (bicyclic) bond motifs is 1. The smallest absolute Gasteiger partial charge is 0.258 e. The Morgan fingerprint density at radius 2 is 1.80 bits per heavy atom. The Morgan fingerprint density at radius 1 is 1.16 bits per heavy atom. The molecule has 0 atom stereocenters. The molecule has 25 heavy (non-hydrogen) atoms. The van der Waals surface area contributed by atoms with E-state index in [2.05, 4.69) is 15.9 Å². The predicted molar refractivity (Wildman–Crippen MR) is 98.4 cm³/mol. The number of methoxy groups -OCH3 is 2. The van der Waals surface area contributed by atoms with E-state index in [-0.39, 0.29) is 11.7 Å². The molecule has 0 bridgehead atoms. The maximum Gasteiger partial charge on any atom is 0.258 e. The largest absolute Gasteiger partial charge is 0.495 e. The SMILES string of the molecule is COc1cc(C(=O)N2CCCc3cc(F)cc(C)c32)cc(OC)c1Br. The third-order valence-corrected chi connectivity index (χ3v) is 5.16. The van der Waals surface area contributed by atoms with E-state index in [0.29, 0.717) is 28.1 Å². The summed E-state index contributed by atoms with van der Waals surface area (Å²) in [5.74, 6) is 0.629. The van der Waals surface area contributed by atoms with Crippen LogP contribution < -0.4 is 14.4 Å². The fourth-order valence-corrected chi connectivity index (χ4v) is 3.83. The summed E-state index contributed by atoms with van der Waals surface area (Å²) >= 11 is 3.41. The molecule has 3 rings (SSSR count). The number of halogens is 2. The zero-order valence-electron chi connectivity index (χ0n) is 14.4. The number of anilines is 1. The second-order valence-corrected chi connectivity index (χ2v) is 6.78. The molecule has 6 heteroatoms. The Morgan fingerprint density at radius 3 is 2.40 bits per heavy atom. The van der Waals surface area contributed by atoms with Crippen molar-refractivity contribution in [2.24, 2.45) is 0 Å². The van der Waals surface area contributed by atoms with Crippen molar-refractivity contribution in [3.63, 3.8) is 0 Å². The van der Waals surface area contributed by atoms with Crippen LogP contribution in [0, 0.1) is 12.7 Å². The zero-order valence-corrected chi connectivity index (χ0v) is 15.9. The maximum atomic E-state index is 13.7. The summed E-state index contributed by atoms with van der Waals surface area (Å²) in [5.41, 5.74) is 2.90. The van der Waals surface area contributed by atoms with Crippen LogP contribution in [0.2, 0.25) is 0 Å². The van der Waals surface area contributed by atoms with Crippen LogP contribution in [0.25, 0.3) is 0 Å². The fraction of sp³-hybridized carbons (Fsp3) is 0.316. The highest BCUT2D eigenvalue weighted by Crippen LogP contribution is 2.38. The molecular formula is C19H19BrFNO3. The Balaban J connectivity index is 2.07. The van der Waals surface area contributed by atoms with Gasteiger partial charge < -0.3 is 14.4 Å². The number of ether oxygens (including phenoxy) is 2. The minimum Gasteiger partial charge on any atom is -0.495 e. The molecule has 0 unspecified atom stereocenters. The Hall–Kier alpha value is -2.08. The average Bonchev–Trinajstić information content (AvgIpc) is 2.60. The molecule has 0 saturated heterocycles. The second kappa shape index (κ2) is 7.04. The van der Waals surface area contributed by atoms with Gasteiger partial charge in [-0.3, -0.25) is 4.79 Å². The molecule has 0 N–H and O–H groups in total. The van der Waals surface area contributed by atoms with Crippen molar-refractivity contribution in [3.05, 3.63) is 51.2 Å². The Bertz CT molecular complexity index is 813. The predicted octanol–water partition coefficient (Wildman–Crippen LogP) is 4.51. The molecule has 1 heterocycles. The summed E-state index contributed by atoms with van der Waals surface area (Å²) in [6.45, 7) is 2.43. The van der Waals surface area contributed by atoms with Crippen molar-refractivity contribution in [2.45, 2.75) is 19.8 Å². The highest BCUT2D eigenvalue weighted by atomic mass is 79.9. The van der Waals surface area contributed by atoms with Gasteiger partial charge in [0.2, 0.25) is 0 Å². The lowest BCUT2D eigenvalue weighted by Crippen LogP contribution is -2.36. The molecule has 2 aromatic rings. The van der Waals surface area contributed by atoms with E-state index in [0.717, 1.165) is 29.7 Å². The van der Waals surface area contributed by atoms with Crippen LogP contribution in [0.5, 0.6) is 11.5 Å². The zero-order chi connectivity index (χ0) is 18.1. The van der Waals surface area contributed by atoms with Crippen LogP contribution in [-0.2, 0) is 6.42 Å². The number of nitrogens with zero attached hydrogens (tertiary/aromatic N) is 1. The van der Waals surface area contributed by atoms with Crippen molar-refractivity contribution < 1.29 is 18.7 Å². The minimum absolute atomic E-state index is 0.153. The molecular weight excluding hydrogens is 389 g/mol. The summed E-state index contributed by atoms with van der Waals surface area (Å²) < 4.78 is 25.0. The molecule has 1 amide bonds. The highest BCUT2D eigenvalue weighted by Gasteiger charge is 2.27. The molecule has 0 aliphatic carbocycles. The van der Waals surface area contributed by atoms with Gasteiger partial charge in [0.05, 0.1) is 19.9 Å². The third kappa shape index (κ3) is 3.23. The van der Waals surface area contributed by atoms with E-state index in [1.807, 2.05) is 6.92 Å². The summed E-state index contributed by atoms with van der Waals surface area (Å²) in [6.07, 6.45) is 1.57. The van der Waals surface area contributed by atoms with Crippen LogP contribution in [0.1, 0.15) is 27.9 Å². The van der Waals surface area contributed by atoms with Crippen molar-refractivity contribution in [2.75, 3.05) is 25.7 Å². The fourth-order valence-electron chi connectivity index (χ4n) is 3.27. The normalized spacial score (nSPS) is 13.4.